The van der Waals surface area contributed by atoms with Gasteiger partial charge in [-0.05, 0) is 58.1 Å². The number of aryl methyl sites for hydroxylation is 1. The molecule has 0 bridgehead atoms. The molecule has 2 rings (SSSR count). The molecule has 1 aromatic carbocycles. The minimum Gasteiger partial charge on any atom is -0.480 e. The Morgan fingerprint density at radius 1 is 1.18 bits per heavy atom. The van der Waals surface area contributed by atoms with Gasteiger partial charge in [-0.1, -0.05) is 25.1 Å². The van der Waals surface area contributed by atoms with Crippen LogP contribution in [0, 0.1) is 12.3 Å². The van der Waals surface area contributed by atoms with Crippen molar-refractivity contribution in [2.75, 3.05) is 0 Å². The van der Waals surface area contributed by atoms with E-state index in [0.29, 0.717) is 12.2 Å². The first kappa shape index (κ1) is 21.7. The average molecular weight is 389 g/mol. The number of carbonyl (C=O) groups is 3. The lowest BCUT2D eigenvalue weighted by Gasteiger charge is -2.28. The highest BCUT2D eigenvalue weighted by molar-refractivity contribution is 6.03. The van der Waals surface area contributed by atoms with E-state index in [-0.39, 0.29) is 18.0 Å². The summed E-state index contributed by atoms with van der Waals surface area (Å²) in [6.07, 6.45) is 2.29. The van der Waals surface area contributed by atoms with Gasteiger partial charge < -0.3 is 21.1 Å². The third-order valence-electron chi connectivity index (χ3n) is 5.37. The van der Waals surface area contributed by atoms with E-state index in [9.17, 15) is 14.4 Å². The van der Waals surface area contributed by atoms with E-state index in [0.717, 1.165) is 24.8 Å². The predicted molar refractivity (Wildman–Crippen MR) is 107 cm³/mol. The van der Waals surface area contributed by atoms with E-state index in [4.69, 9.17) is 10.5 Å². The van der Waals surface area contributed by atoms with Crippen LogP contribution in [0.4, 0.5) is 0 Å². The van der Waals surface area contributed by atoms with Gasteiger partial charge in [-0.2, -0.15) is 0 Å². The molecule has 7 heteroatoms. The number of benzene rings is 1. The molecule has 0 spiro atoms. The molecule has 154 valence electrons. The summed E-state index contributed by atoms with van der Waals surface area (Å²) in [6, 6.07) is 7.14. The fourth-order valence-corrected chi connectivity index (χ4v) is 3.21. The molecule has 1 aromatic rings. The summed E-state index contributed by atoms with van der Waals surface area (Å²) in [6.45, 7) is 6.82. The lowest BCUT2D eigenvalue weighted by Crippen LogP contribution is -2.55. The van der Waals surface area contributed by atoms with Crippen LogP contribution >= 0.6 is 0 Å². The number of para-hydroxylation sites is 1. The summed E-state index contributed by atoms with van der Waals surface area (Å²) in [5, 5.41) is 5.89. The Hall–Kier alpha value is -2.57. The van der Waals surface area contributed by atoms with Crippen molar-refractivity contribution >= 4 is 17.7 Å². The summed E-state index contributed by atoms with van der Waals surface area (Å²) < 4.78 is 5.91. The third kappa shape index (κ3) is 5.03. The topological polar surface area (TPSA) is 111 Å². The van der Waals surface area contributed by atoms with Crippen molar-refractivity contribution in [2.24, 2.45) is 11.1 Å². The van der Waals surface area contributed by atoms with Gasteiger partial charge in [0.25, 0.3) is 5.91 Å². The fraction of sp³-hybridized carbons (Fsp3) is 0.571. The number of nitrogens with two attached hydrogens (primary N) is 1. The number of amides is 3. The van der Waals surface area contributed by atoms with E-state index in [2.05, 4.69) is 10.6 Å². The maximum Gasteiger partial charge on any atom is 0.261 e. The molecule has 1 fully saturated rings. The molecule has 1 aliphatic carbocycles. The van der Waals surface area contributed by atoms with Gasteiger partial charge in [-0.3, -0.25) is 14.4 Å². The summed E-state index contributed by atoms with van der Waals surface area (Å²) in [5.41, 5.74) is 4.99. The third-order valence-corrected chi connectivity index (χ3v) is 5.37. The van der Waals surface area contributed by atoms with Crippen molar-refractivity contribution in [3.63, 3.8) is 0 Å². The normalized spacial score (nSPS) is 20.3. The van der Waals surface area contributed by atoms with Crippen LogP contribution in [0.1, 0.15) is 52.0 Å². The average Bonchev–Trinajstić information content (AvgIpc) is 3.07. The van der Waals surface area contributed by atoms with Gasteiger partial charge in [0, 0.05) is 12.1 Å². The second kappa shape index (κ2) is 9.08. The maximum atomic E-state index is 12.8. The van der Waals surface area contributed by atoms with Crippen LogP contribution in [0.5, 0.6) is 5.75 Å². The summed E-state index contributed by atoms with van der Waals surface area (Å²) in [7, 11) is 0. The van der Waals surface area contributed by atoms with E-state index < -0.39 is 23.3 Å². The Morgan fingerprint density at radius 2 is 1.79 bits per heavy atom. The highest BCUT2D eigenvalue weighted by Crippen LogP contribution is 2.23. The maximum absolute atomic E-state index is 12.8. The van der Waals surface area contributed by atoms with E-state index >= 15 is 0 Å². The molecular formula is C21H31N3O4. The van der Waals surface area contributed by atoms with Gasteiger partial charge >= 0.3 is 0 Å². The zero-order chi connectivity index (χ0) is 20.9. The number of hydrogen-bond acceptors (Lipinski definition) is 4. The summed E-state index contributed by atoms with van der Waals surface area (Å²) in [4.78, 5) is 36.7. The molecule has 3 atom stereocenters. The monoisotopic (exact) mass is 389 g/mol. The smallest absolute Gasteiger partial charge is 0.261 e. The van der Waals surface area contributed by atoms with Crippen molar-refractivity contribution in [3.8, 4) is 5.75 Å². The van der Waals surface area contributed by atoms with E-state index in [1.54, 1.807) is 0 Å². The minimum absolute atomic E-state index is 0.199. The van der Waals surface area contributed by atoms with Gasteiger partial charge in [-0.25, -0.2) is 0 Å². The predicted octanol–water partition coefficient (Wildman–Crippen LogP) is 1.82. The quantitative estimate of drug-likeness (QED) is 0.589. The molecule has 28 heavy (non-hydrogen) atoms. The highest BCUT2D eigenvalue weighted by atomic mass is 16.5. The first-order valence-corrected chi connectivity index (χ1v) is 9.80. The van der Waals surface area contributed by atoms with Crippen LogP contribution in [0.2, 0.25) is 0 Å². The molecule has 0 saturated heterocycles. The summed E-state index contributed by atoms with van der Waals surface area (Å²) >= 11 is 0. The fourth-order valence-electron chi connectivity index (χ4n) is 3.21. The number of rotatable bonds is 8. The SMILES string of the molecule is CCC(Oc1ccccc1C)C(=O)N[C@H]1CCC[C@H]1NC(=O)C(C)(C)C(N)=O. The van der Waals surface area contributed by atoms with Gasteiger partial charge in [0.1, 0.15) is 11.2 Å². The van der Waals surface area contributed by atoms with Crippen molar-refractivity contribution in [1.82, 2.24) is 10.6 Å². The standard InChI is InChI=1S/C21H31N3O4/c1-5-16(28-17-12-7-6-9-13(17)2)18(25)23-14-10-8-11-15(14)24-20(27)21(3,4)19(22)26/h6-7,9,12,14-16H,5,8,10-11H2,1-4H3,(H2,22,26)(H,23,25)(H,24,27)/t14-,15+,16?/m0/s1. The molecule has 7 nitrogen and oxygen atoms in total. The molecule has 4 N–H and O–H groups in total. The van der Waals surface area contributed by atoms with Crippen molar-refractivity contribution in [1.29, 1.82) is 0 Å². The molecule has 0 heterocycles. The van der Waals surface area contributed by atoms with E-state index in [1.165, 1.54) is 13.8 Å². The lowest BCUT2D eigenvalue weighted by atomic mass is 9.91. The molecule has 0 radical (unpaired) electrons. The van der Waals surface area contributed by atoms with Gasteiger partial charge in [0.05, 0.1) is 0 Å². The van der Waals surface area contributed by atoms with Crippen molar-refractivity contribution < 1.29 is 19.1 Å². The molecule has 0 aromatic heterocycles. The van der Waals surface area contributed by atoms with Gasteiger partial charge in [0.2, 0.25) is 11.8 Å². The number of nitrogens with one attached hydrogen (secondary N) is 2. The number of carbonyl (C=O) groups excluding carboxylic acids is 3. The van der Waals surface area contributed by atoms with Crippen LogP contribution in [0.15, 0.2) is 24.3 Å². The Kier molecular flexibility index (Phi) is 7.05. The Bertz CT molecular complexity index is 732. The summed E-state index contributed by atoms with van der Waals surface area (Å²) in [5.74, 6) is -0.620. The Balaban J connectivity index is 2.00. The minimum atomic E-state index is -1.29. The van der Waals surface area contributed by atoms with Crippen molar-refractivity contribution in [3.05, 3.63) is 29.8 Å². The van der Waals surface area contributed by atoms with E-state index in [1.807, 2.05) is 38.1 Å². The van der Waals surface area contributed by atoms with Crippen molar-refractivity contribution in [2.45, 2.75) is 71.6 Å². The zero-order valence-corrected chi connectivity index (χ0v) is 17.1. The lowest BCUT2D eigenvalue weighted by molar-refractivity contribution is -0.140. The molecule has 1 unspecified atom stereocenters. The Morgan fingerprint density at radius 3 is 2.36 bits per heavy atom. The number of primary amides is 1. The number of hydrogen-bond donors (Lipinski definition) is 3. The first-order valence-electron chi connectivity index (χ1n) is 9.80. The van der Waals surface area contributed by atoms with Gasteiger partial charge in [0.15, 0.2) is 6.10 Å². The highest BCUT2D eigenvalue weighted by Gasteiger charge is 2.38. The number of ether oxygens (including phenoxy) is 1. The molecular weight excluding hydrogens is 358 g/mol. The molecule has 1 aliphatic rings. The zero-order valence-electron chi connectivity index (χ0n) is 17.1. The molecule has 3 amide bonds. The first-order chi connectivity index (χ1) is 13.2. The van der Waals surface area contributed by atoms with Crippen LogP contribution in [-0.4, -0.2) is 35.9 Å². The molecule has 1 saturated carbocycles. The van der Waals surface area contributed by atoms with Crippen LogP contribution in [-0.2, 0) is 14.4 Å². The van der Waals surface area contributed by atoms with Crippen LogP contribution < -0.4 is 21.1 Å². The second-order valence-electron chi connectivity index (χ2n) is 7.90. The molecule has 0 aliphatic heterocycles. The largest absolute Gasteiger partial charge is 0.480 e. The Labute approximate surface area is 166 Å². The van der Waals surface area contributed by atoms with Crippen LogP contribution in [0.3, 0.4) is 0 Å². The second-order valence-corrected chi connectivity index (χ2v) is 7.90. The van der Waals surface area contributed by atoms with Crippen LogP contribution in [0.25, 0.3) is 0 Å². The van der Waals surface area contributed by atoms with Gasteiger partial charge in [-0.15, -0.1) is 0 Å².